The van der Waals surface area contributed by atoms with Gasteiger partial charge in [0.05, 0.1) is 0 Å². The van der Waals surface area contributed by atoms with Crippen LogP contribution in [0, 0.1) is 11.3 Å². The average molecular weight is 360 g/mol. The molecule has 5 heteroatoms. The molecule has 0 saturated carbocycles. The van der Waals surface area contributed by atoms with Crippen LogP contribution >= 0.6 is 0 Å². The van der Waals surface area contributed by atoms with Crippen molar-refractivity contribution in [2.24, 2.45) is 0 Å². The lowest BCUT2D eigenvalue weighted by molar-refractivity contribution is 0.103. The number of ketones is 1. The Morgan fingerprint density at radius 2 is 1.74 bits per heavy atom. The molecule has 2 aromatic carbocycles. The van der Waals surface area contributed by atoms with E-state index < -0.39 is 0 Å². The molecule has 0 aromatic heterocycles. The quantitative estimate of drug-likeness (QED) is 0.465. The summed E-state index contributed by atoms with van der Waals surface area (Å²) >= 11 is 0. The number of nitriles is 1. The second kappa shape index (κ2) is 7.55. The van der Waals surface area contributed by atoms with Gasteiger partial charge in [-0.15, -0.1) is 0 Å². The van der Waals surface area contributed by atoms with Crippen molar-refractivity contribution in [2.45, 2.75) is 19.3 Å². The van der Waals surface area contributed by atoms with Crippen LogP contribution < -0.4 is 14.4 Å². The first-order valence-corrected chi connectivity index (χ1v) is 9.16. The first-order chi connectivity index (χ1) is 13.2. The molecule has 0 radical (unpaired) electrons. The van der Waals surface area contributed by atoms with E-state index in [4.69, 9.17) is 9.47 Å². The van der Waals surface area contributed by atoms with Crippen LogP contribution in [0.3, 0.4) is 0 Å². The van der Waals surface area contributed by atoms with Gasteiger partial charge in [-0.1, -0.05) is 12.1 Å². The maximum Gasteiger partial charge on any atom is 0.231 e. The summed E-state index contributed by atoms with van der Waals surface area (Å²) in [7, 11) is 0. The van der Waals surface area contributed by atoms with Crippen molar-refractivity contribution in [1.29, 1.82) is 5.26 Å². The van der Waals surface area contributed by atoms with Crippen LogP contribution in [-0.4, -0.2) is 25.7 Å². The van der Waals surface area contributed by atoms with Crippen LogP contribution in [0.25, 0.3) is 6.08 Å². The summed E-state index contributed by atoms with van der Waals surface area (Å²) in [5, 5.41) is 9.47. The van der Waals surface area contributed by atoms with Gasteiger partial charge in [0.1, 0.15) is 11.6 Å². The van der Waals surface area contributed by atoms with Gasteiger partial charge in [0, 0.05) is 24.3 Å². The zero-order valence-electron chi connectivity index (χ0n) is 15.0. The van der Waals surface area contributed by atoms with Crippen molar-refractivity contribution in [1.82, 2.24) is 0 Å². The highest BCUT2D eigenvalue weighted by Gasteiger charge is 2.18. The molecule has 2 heterocycles. The summed E-state index contributed by atoms with van der Waals surface area (Å²) < 4.78 is 10.6. The minimum atomic E-state index is -0.323. The van der Waals surface area contributed by atoms with Crippen molar-refractivity contribution in [3.05, 3.63) is 59.2 Å². The molecule has 2 aromatic rings. The Hall–Kier alpha value is -3.26. The van der Waals surface area contributed by atoms with Gasteiger partial charge in [0.2, 0.25) is 12.6 Å². The molecule has 4 rings (SSSR count). The van der Waals surface area contributed by atoms with Crippen molar-refractivity contribution in [3.8, 4) is 17.6 Å². The van der Waals surface area contributed by atoms with Gasteiger partial charge >= 0.3 is 0 Å². The summed E-state index contributed by atoms with van der Waals surface area (Å²) in [6.45, 7) is 2.32. The summed E-state index contributed by atoms with van der Waals surface area (Å²) in [6.07, 6.45) is 5.38. The van der Waals surface area contributed by atoms with Crippen LogP contribution in [0.1, 0.15) is 35.2 Å². The van der Waals surface area contributed by atoms with Gasteiger partial charge in [0.25, 0.3) is 0 Å². The standard InChI is InChI=1S/C22H20N2O3/c23-14-18(22(25)17-6-9-20-21(13-17)27-15-26-20)12-16-4-7-19(8-5-16)24-10-2-1-3-11-24/h4-9,12-13H,1-3,10-11,15H2/b18-12-. The zero-order chi connectivity index (χ0) is 18.6. The fraction of sp³-hybridized carbons (Fsp3) is 0.273. The Kier molecular flexibility index (Phi) is 4.80. The van der Waals surface area contributed by atoms with Crippen LogP contribution in [-0.2, 0) is 0 Å². The van der Waals surface area contributed by atoms with Crippen LogP contribution in [0.15, 0.2) is 48.0 Å². The third-order valence-corrected chi connectivity index (χ3v) is 4.93. The molecule has 0 atom stereocenters. The molecule has 27 heavy (non-hydrogen) atoms. The third-order valence-electron chi connectivity index (χ3n) is 4.93. The van der Waals surface area contributed by atoms with Gasteiger partial charge in [-0.05, 0) is 61.2 Å². The molecular formula is C22H20N2O3. The Balaban J connectivity index is 1.54. The lowest BCUT2D eigenvalue weighted by Gasteiger charge is -2.28. The molecule has 1 fully saturated rings. The minimum absolute atomic E-state index is 0.0968. The molecule has 2 aliphatic heterocycles. The van der Waals surface area contributed by atoms with E-state index in [1.54, 1.807) is 24.3 Å². The van der Waals surface area contributed by atoms with Gasteiger partial charge in [-0.25, -0.2) is 0 Å². The van der Waals surface area contributed by atoms with Gasteiger partial charge in [-0.3, -0.25) is 4.79 Å². The summed E-state index contributed by atoms with van der Waals surface area (Å²) in [4.78, 5) is 15.1. The van der Waals surface area contributed by atoms with Crippen LogP contribution in [0.2, 0.25) is 0 Å². The number of ether oxygens (including phenoxy) is 2. The van der Waals surface area contributed by atoms with E-state index in [0.29, 0.717) is 17.1 Å². The number of Topliss-reactive ketones (excluding diaryl/α,β-unsaturated/α-hetero) is 1. The number of carbonyl (C=O) groups is 1. The monoisotopic (exact) mass is 360 g/mol. The topological polar surface area (TPSA) is 62.6 Å². The first-order valence-electron chi connectivity index (χ1n) is 9.16. The fourth-order valence-electron chi connectivity index (χ4n) is 3.44. The van der Waals surface area contributed by atoms with Crippen LogP contribution in [0.4, 0.5) is 5.69 Å². The molecule has 0 aliphatic carbocycles. The number of carbonyl (C=O) groups excluding carboxylic acids is 1. The molecule has 2 aliphatic rings. The smallest absolute Gasteiger partial charge is 0.231 e. The summed E-state index contributed by atoms with van der Waals surface area (Å²) in [5.74, 6) is 0.822. The van der Waals surface area contributed by atoms with Gasteiger partial charge in [0.15, 0.2) is 11.5 Å². The van der Waals surface area contributed by atoms with Crippen molar-refractivity contribution in [3.63, 3.8) is 0 Å². The largest absolute Gasteiger partial charge is 0.454 e. The molecule has 0 unspecified atom stereocenters. The molecule has 0 amide bonds. The van der Waals surface area contributed by atoms with E-state index in [0.717, 1.165) is 18.7 Å². The van der Waals surface area contributed by atoms with E-state index in [1.165, 1.54) is 24.9 Å². The normalized spacial score (nSPS) is 16.1. The predicted octanol–water partition coefficient (Wildman–Crippen LogP) is 4.20. The Morgan fingerprint density at radius 3 is 2.48 bits per heavy atom. The number of hydrogen-bond acceptors (Lipinski definition) is 5. The number of allylic oxidation sites excluding steroid dienone is 1. The number of piperidine rings is 1. The van der Waals surface area contributed by atoms with Crippen molar-refractivity contribution in [2.75, 3.05) is 24.8 Å². The van der Waals surface area contributed by atoms with Gasteiger partial charge in [-0.2, -0.15) is 5.26 Å². The Morgan fingerprint density at radius 1 is 1.00 bits per heavy atom. The number of hydrogen-bond donors (Lipinski definition) is 0. The number of nitrogens with zero attached hydrogens (tertiary/aromatic N) is 2. The summed E-state index contributed by atoms with van der Waals surface area (Å²) in [6, 6.07) is 15.0. The van der Waals surface area contributed by atoms with E-state index in [1.807, 2.05) is 18.2 Å². The Bertz CT molecular complexity index is 920. The highest BCUT2D eigenvalue weighted by Crippen LogP contribution is 2.33. The highest BCUT2D eigenvalue weighted by molar-refractivity contribution is 6.14. The molecule has 1 saturated heterocycles. The number of rotatable bonds is 4. The number of benzene rings is 2. The average Bonchev–Trinajstić information content (AvgIpc) is 3.20. The SMILES string of the molecule is N#C/C(=C/c1ccc(N2CCCCC2)cc1)C(=O)c1ccc2c(c1)OCO2. The maximum absolute atomic E-state index is 12.7. The molecule has 136 valence electrons. The lowest BCUT2D eigenvalue weighted by Crippen LogP contribution is -2.29. The van der Waals surface area contributed by atoms with E-state index in [2.05, 4.69) is 17.0 Å². The fourth-order valence-corrected chi connectivity index (χ4v) is 3.44. The Labute approximate surface area is 158 Å². The van der Waals surface area contributed by atoms with E-state index in [-0.39, 0.29) is 18.1 Å². The van der Waals surface area contributed by atoms with Gasteiger partial charge < -0.3 is 14.4 Å². The second-order valence-electron chi connectivity index (χ2n) is 6.71. The number of anilines is 1. The highest BCUT2D eigenvalue weighted by atomic mass is 16.7. The lowest BCUT2D eigenvalue weighted by atomic mass is 10.0. The third kappa shape index (κ3) is 3.65. The molecule has 0 spiro atoms. The van der Waals surface area contributed by atoms with Crippen molar-refractivity contribution < 1.29 is 14.3 Å². The van der Waals surface area contributed by atoms with Crippen molar-refractivity contribution >= 4 is 17.5 Å². The molecule has 0 N–H and O–H groups in total. The maximum atomic E-state index is 12.7. The summed E-state index contributed by atoms with van der Waals surface area (Å²) in [5.41, 5.74) is 2.53. The minimum Gasteiger partial charge on any atom is -0.454 e. The number of fused-ring (bicyclic) bond motifs is 1. The zero-order valence-corrected chi connectivity index (χ0v) is 15.0. The predicted molar refractivity (Wildman–Crippen MR) is 103 cm³/mol. The molecular weight excluding hydrogens is 340 g/mol. The van der Waals surface area contributed by atoms with E-state index in [9.17, 15) is 10.1 Å². The van der Waals surface area contributed by atoms with E-state index >= 15 is 0 Å². The first kappa shape index (κ1) is 17.2. The molecule has 0 bridgehead atoms. The second-order valence-corrected chi connectivity index (χ2v) is 6.71. The van der Waals surface area contributed by atoms with Crippen LogP contribution in [0.5, 0.6) is 11.5 Å². The molecule has 5 nitrogen and oxygen atoms in total.